The molecule has 0 atom stereocenters. The average Bonchev–Trinajstić information content (AvgIpc) is 2.77. The molecule has 0 bridgehead atoms. The minimum absolute atomic E-state index is 0.0554. The summed E-state index contributed by atoms with van der Waals surface area (Å²) in [6, 6.07) is 14.2. The van der Waals surface area contributed by atoms with Gasteiger partial charge in [0.1, 0.15) is 0 Å². The predicted octanol–water partition coefficient (Wildman–Crippen LogP) is 1.83. The molecule has 0 saturated heterocycles. The predicted molar refractivity (Wildman–Crippen MR) is 70.6 cm³/mol. The Morgan fingerprint density at radius 2 is 1.84 bits per heavy atom. The summed E-state index contributed by atoms with van der Waals surface area (Å²) in [6.45, 7) is 0.514. The van der Waals surface area contributed by atoms with E-state index in [0.717, 1.165) is 5.56 Å². The zero-order chi connectivity index (χ0) is 13.4. The number of anilines is 1. The van der Waals surface area contributed by atoms with E-state index in [-0.39, 0.29) is 5.91 Å². The molecule has 2 aromatic carbocycles. The zero-order valence-corrected chi connectivity index (χ0v) is 10.2. The third-order valence-corrected chi connectivity index (χ3v) is 3.30. The number of nitrogens with zero attached hydrogens (tertiary/aromatic N) is 1. The van der Waals surface area contributed by atoms with Crippen molar-refractivity contribution in [2.24, 2.45) is 0 Å². The Morgan fingerprint density at radius 3 is 2.58 bits per heavy atom. The molecule has 1 amide bonds. The first-order valence-electron chi connectivity index (χ1n) is 6.02. The molecule has 0 unspecified atom stereocenters. The Bertz CT molecular complexity index is 637. The van der Waals surface area contributed by atoms with E-state index in [0.29, 0.717) is 23.4 Å². The summed E-state index contributed by atoms with van der Waals surface area (Å²) in [5.74, 6) is -0.0554. The van der Waals surface area contributed by atoms with Crippen molar-refractivity contribution in [2.75, 3.05) is 4.90 Å². The Morgan fingerprint density at radius 1 is 1.05 bits per heavy atom. The highest BCUT2D eigenvalue weighted by atomic mass is 16.5. The first-order valence-corrected chi connectivity index (χ1v) is 6.02. The molecular formula is C15H13NO3. The van der Waals surface area contributed by atoms with Crippen LogP contribution in [0.25, 0.3) is 0 Å². The lowest BCUT2D eigenvalue weighted by atomic mass is 10.1. The number of carbonyl (C=O) groups is 1. The average molecular weight is 255 g/mol. The largest absolute Gasteiger partial charge is 0.364 e. The number of rotatable bonds is 2. The first kappa shape index (κ1) is 11.9. The van der Waals surface area contributed by atoms with Crippen molar-refractivity contribution in [3.8, 4) is 0 Å². The molecule has 0 spiro atoms. The van der Waals surface area contributed by atoms with E-state index in [4.69, 9.17) is 0 Å². The highest BCUT2D eigenvalue weighted by Gasteiger charge is 2.28. The molecule has 0 fully saturated rings. The SMILES string of the molecule is O=C1c2ccccc2CN1c1cccc(C(O)O)c1. The Kier molecular flexibility index (Phi) is 2.81. The van der Waals surface area contributed by atoms with E-state index in [1.54, 1.807) is 29.2 Å². The highest BCUT2D eigenvalue weighted by molar-refractivity contribution is 6.09. The van der Waals surface area contributed by atoms with Crippen LogP contribution >= 0.6 is 0 Å². The molecule has 19 heavy (non-hydrogen) atoms. The third kappa shape index (κ3) is 2.01. The van der Waals surface area contributed by atoms with Gasteiger partial charge in [0.05, 0.1) is 6.54 Å². The van der Waals surface area contributed by atoms with E-state index < -0.39 is 6.29 Å². The Labute approximate surface area is 110 Å². The summed E-state index contributed by atoms with van der Waals surface area (Å²) < 4.78 is 0. The van der Waals surface area contributed by atoms with Crippen LogP contribution in [-0.4, -0.2) is 16.1 Å². The van der Waals surface area contributed by atoms with E-state index in [1.807, 2.05) is 24.3 Å². The first-order chi connectivity index (χ1) is 9.16. The number of hydrogen-bond donors (Lipinski definition) is 2. The van der Waals surface area contributed by atoms with Crippen molar-refractivity contribution in [3.63, 3.8) is 0 Å². The van der Waals surface area contributed by atoms with Crippen molar-refractivity contribution in [3.05, 3.63) is 65.2 Å². The van der Waals surface area contributed by atoms with Crippen LogP contribution in [0.3, 0.4) is 0 Å². The molecule has 96 valence electrons. The van der Waals surface area contributed by atoms with Crippen LogP contribution in [0.2, 0.25) is 0 Å². The van der Waals surface area contributed by atoms with Gasteiger partial charge in [-0.2, -0.15) is 0 Å². The molecule has 2 aromatic rings. The van der Waals surface area contributed by atoms with E-state index in [2.05, 4.69) is 0 Å². The summed E-state index contributed by atoms with van der Waals surface area (Å²) in [7, 11) is 0. The van der Waals surface area contributed by atoms with Gasteiger partial charge in [0.15, 0.2) is 6.29 Å². The van der Waals surface area contributed by atoms with Crippen molar-refractivity contribution in [2.45, 2.75) is 12.8 Å². The quantitative estimate of drug-likeness (QED) is 0.805. The molecule has 4 nitrogen and oxygen atoms in total. The lowest BCUT2D eigenvalue weighted by Gasteiger charge is -2.17. The van der Waals surface area contributed by atoms with Crippen LogP contribution in [0.15, 0.2) is 48.5 Å². The summed E-state index contributed by atoms with van der Waals surface area (Å²) in [6.07, 6.45) is -1.53. The third-order valence-electron chi connectivity index (χ3n) is 3.30. The van der Waals surface area contributed by atoms with Gasteiger partial charge in [0, 0.05) is 16.8 Å². The van der Waals surface area contributed by atoms with Gasteiger partial charge in [-0.05, 0) is 23.8 Å². The summed E-state index contributed by atoms with van der Waals surface area (Å²) in [4.78, 5) is 13.9. The van der Waals surface area contributed by atoms with Crippen LogP contribution in [0.4, 0.5) is 5.69 Å². The van der Waals surface area contributed by atoms with Crippen molar-refractivity contribution in [1.29, 1.82) is 0 Å². The summed E-state index contributed by atoms with van der Waals surface area (Å²) in [5.41, 5.74) is 2.74. The van der Waals surface area contributed by atoms with E-state index in [1.165, 1.54) is 0 Å². The maximum Gasteiger partial charge on any atom is 0.258 e. The molecule has 0 aromatic heterocycles. The van der Waals surface area contributed by atoms with Gasteiger partial charge in [-0.1, -0.05) is 30.3 Å². The topological polar surface area (TPSA) is 60.8 Å². The minimum Gasteiger partial charge on any atom is -0.364 e. The summed E-state index contributed by atoms with van der Waals surface area (Å²) in [5, 5.41) is 18.4. The number of hydrogen-bond acceptors (Lipinski definition) is 3. The van der Waals surface area contributed by atoms with Crippen LogP contribution in [0.1, 0.15) is 27.8 Å². The van der Waals surface area contributed by atoms with Crippen LogP contribution in [-0.2, 0) is 6.54 Å². The van der Waals surface area contributed by atoms with E-state index >= 15 is 0 Å². The van der Waals surface area contributed by atoms with Gasteiger partial charge in [0.25, 0.3) is 5.91 Å². The molecule has 2 N–H and O–H groups in total. The fourth-order valence-corrected chi connectivity index (χ4v) is 2.32. The number of carbonyl (C=O) groups excluding carboxylic acids is 1. The molecule has 1 aliphatic rings. The summed E-state index contributed by atoms with van der Waals surface area (Å²) >= 11 is 0. The normalized spacial score (nSPS) is 14.1. The molecule has 0 aliphatic carbocycles. The lowest BCUT2D eigenvalue weighted by molar-refractivity contribution is -0.0424. The second-order valence-electron chi connectivity index (χ2n) is 4.52. The minimum atomic E-state index is -1.53. The molecule has 0 radical (unpaired) electrons. The van der Waals surface area contributed by atoms with Gasteiger partial charge in [-0.3, -0.25) is 4.79 Å². The lowest BCUT2D eigenvalue weighted by Crippen LogP contribution is -2.23. The van der Waals surface area contributed by atoms with Gasteiger partial charge < -0.3 is 15.1 Å². The van der Waals surface area contributed by atoms with Crippen LogP contribution in [0.5, 0.6) is 0 Å². The molecule has 3 rings (SSSR count). The molecule has 1 heterocycles. The number of fused-ring (bicyclic) bond motifs is 1. The van der Waals surface area contributed by atoms with Crippen LogP contribution in [0, 0.1) is 0 Å². The second-order valence-corrected chi connectivity index (χ2v) is 4.52. The van der Waals surface area contributed by atoms with Gasteiger partial charge in [0.2, 0.25) is 0 Å². The van der Waals surface area contributed by atoms with Gasteiger partial charge in [-0.15, -0.1) is 0 Å². The van der Waals surface area contributed by atoms with Gasteiger partial charge in [-0.25, -0.2) is 0 Å². The van der Waals surface area contributed by atoms with Crippen molar-refractivity contribution in [1.82, 2.24) is 0 Å². The Balaban J connectivity index is 1.97. The number of aliphatic hydroxyl groups excluding tert-OH is 1. The monoisotopic (exact) mass is 255 g/mol. The van der Waals surface area contributed by atoms with Gasteiger partial charge >= 0.3 is 0 Å². The van der Waals surface area contributed by atoms with Crippen molar-refractivity contribution >= 4 is 11.6 Å². The maximum atomic E-state index is 12.3. The fraction of sp³-hybridized carbons (Fsp3) is 0.133. The second kappa shape index (κ2) is 4.50. The molecule has 1 aliphatic heterocycles. The number of benzene rings is 2. The Hall–Kier alpha value is -2.17. The standard InChI is InChI=1S/C15H13NO3/c17-14-13-7-2-1-4-11(13)9-16(14)12-6-3-5-10(8-12)15(18)19/h1-8,15,18-19H,9H2. The van der Waals surface area contributed by atoms with Crippen molar-refractivity contribution < 1.29 is 15.0 Å². The van der Waals surface area contributed by atoms with E-state index in [9.17, 15) is 15.0 Å². The number of amides is 1. The molecular weight excluding hydrogens is 242 g/mol. The maximum absolute atomic E-state index is 12.3. The zero-order valence-electron chi connectivity index (χ0n) is 10.2. The molecule has 4 heteroatoms. The smallest absolute Gasteiger partial charge is 0.258 e. The van der Waals surface area contributed by atoms with Crippen LogP contribution < -0.4 is 4.90 Å². The highest BCUT2D eigenvalue weighted by Crippen LogP contribution is 2.29. The number of aliphatic hydroxyl groups is 2. The molecule has 0 saturated carbocycles. The fourth-order valence-electron chi connectivity index (χ4n) is 2.32.